The molecule has 0 radical (unpaired) electrons. The standard InChI is InChI=1S/C43H73N5O10/c1-17-19-27(10)37-29(12)31(49)21-20-28(11)42(55)57-36(25(7)8)38(51)45-34(24(5)6)40(53)48(16)35(26(9)18-2)41(54)46(14)22-32(50)44-33(23(3)4)39(52)47(15)30(13)43(56)58-37/h19-20,23-26,29-31,33-37,49H,17-18,21-22H2,1-16H3,(H,44,50)(H,45,51)/b27-19+,28-20?/t26-,29+,30+,31+,33+,34+,35+,36-,37-/m1/s1. The number of hydrogen-bond donors (Lipinski definition) is 3. The molecule has 1 aliphatic rings. The molecular formula is C43H73N5O10. The highest BCUT2D eigenvalue weighted by Gasteiger charge is 2.40. The van der Waals surface area contributed by atoms with E-state index in [1.807, 2.05) is 26.8 Å². The Morgan fingerprint density at radius 2 is 1.36 bits per heavy atom. The number of ether oxygens (including phenoxy) is 2. The number of hydrogen-bond acceptors (Lipinski definition) is 10. The molecule has 58 heavy (non-hydrogen) atoms. The molecule has 0 aromatic rings. The first-order valence-electron chi connectivity index (χ1n) is 20.6. The molecule has 15 heteroatoms. The Morgan fingerprint density at radius 1 is 0.828 bits per heavy atom. The molecule has 3 N–H and O–H groups in total. The maximum absolute atomic E-state index is 14.2. The van der Waals surface area contributed by atoms with Crippen LogP contribution in [0.25, 0.3) is 0 Å². The van der Waals surface area contributed by atoms with Gasteiger partial charge in [0.15, 0.2) is 6.10 Å². The average Bonchev–Trinajstić information content (AvgIpc) is 3.16. The van der Waals surface area contributed by atoms with Gasteiger partial charge in [-0.2, -0.15) is 0 Å². The molecule has 5 amide bonds. The maximum Gasteiger partial charge on any atom is 0.334 e. The van der Waals surface area contributed by atoms with Gasteiger partial charge < -0.3 is 39.9 Å². The molecule has 1 rings (SSSR count). The van der Waals surface area contributed by atoms with E-state index in [1.54, 1.807) is 55.4 Å². The van der Waals surface area contributed by atoms with Gasteiger partial charge >= 0.3 is 11.9 Å². The van der Waals surface area contributed by atoms with Gasteiger partial charge in [-0.1, -0.05) is 87.8 Å². The summed E-state index contributed by atoms with van der Waals surface area (Å²) in [5, 5.41) is 16.8. The van der Waals surface area contributed by atoms with Crippen LogP contribution >= 0.6 is 0 Å². The highest BCUT2D eigenvalue weighted by molar-refractivity contribution is 5.96. The number of nitrogens with one attached hydrogen (secondary N) is 2. The predicted molar refractivity (Wildman–Crippen MR) is 222 cm³/mol. The van der Waals surface area contributed by atoms with Gasteiger partial charge in [-0.05, 0) is 62.9 Å². The summed E-state index contributed by atoms with van der Waals surface area (Å²) in [6.07, 6.45) is 1.25. The van der Waals surface area contributed by atoms with Crippen LogP contribution in [0.15, 0.2) is 23.3 Å². The Labute approximate surface area is 346 Å². The van der Waals surface area contributed by atoms with Crippen molar-refractivity contribution in [2.75, 3.05) is 27.7 Å². The summed E-state index contributed by atoms with van der Waals surface area (Å²) < 4.78 is 11.7. The number of esters is 2. The predicted octanol–water partition coefficient (Wildman–Crippen LogP) is 3.63. The molecule has 0 aromatic carbocycles. The molecule has 1 heterocycles. The summed E-state index contributed by atoms with van der Waals surface area (Å²) in [6.45, 7) is 22.1. The molecule has 1 aliphatic heterocycles. The first kappa shape index (κ1) is 51.7. The van der Waals surface area contributed by atoms with Crippen LogP contribution in [-0.2, 0) is 43.0 Å². The molecule has 9 atom stereocenters. The quantitative estimate of drug-likeness (QED) is 0.253. The second-order valence-electron chi connectivity index (χ2n) is 17.0. The Balaban J connectivity index is 3.85. The average molecular weight is 820 g/mol. The summed E-state index contributed by atoms with van der Waals surface area (Å²) in [7, 11) is 4.35. The van der Waals surface area contributed by atoms with Crippen LogP contribution in [0.3, 0.4) is 0 Å². The van der Waals surface area contributed by atoms with Crippen LogP contribution in [0.1, 0.15) is 109 Å². The topological polar surface area (TPSA) is 192 Å². The summed E-state index contributed by atoms with van der Waals surface area (Å²) in [6, 6.07) is -4.26. The van der Waals surface area contributed by atoms with E-state index in [9.17, 15) is 38.7 Å². The minimum atomic E-state index is -1.28. The van der Waals surface area contributed by atoms with Gasteiger partial charge in [-0.15, -0.1) is 0 Å². The first-order valence-corrected chi connectivity index (χ1v) is 20.6. The van der Waals surface area contributed by atoms with E-state index in [4.69, 9.17) is 9.47 Å². The van der Waals surface area contributed by atoms with Crippen LogP contribution in [0.5, 0.6) is 0 Å². The fraction of sp³-hybridized carbons (Fsp3) is 0.744. The molecule has 0 saturated heterocycles. The number of carbonyl (C=O) groups is 7. The van der Waals surface area contributed by atoms with E-state index in [0.717, 1.165) is 0 Å². The Bertz CT molecular complexity index is 1520. The number of cyclic esters (lactones) is 2. The number of rotatable bonds is 7. The Kier molecular flexibility index (Phi) is 20.8. The molecule has 15 nitrogen and oxygen atoms in total. The third-order valence-electron chi connectivity index (χ3n) is 11.1. The first-order chi connectivity index (χ1) is 26.8. The van der Waals surface area contributed by atoms with Crippen LogP contribution in [0, 0.1) is 29.6 Å². The van der Waals surface area contributed by atoms with Crippen LogP contribution in [0.4, 0.5) is 0 Å². The second-order valence-corrected chi connectivity index (χ2v) is 17.0. The van der Waals surface area contributed by atoms with Gasteiger partial charge in [0.05, 0.1) is 12.6 Å². The highest BCUT2D eigenvalue weighted by atomic mass is 16.6. The lowest BCUT2D eigenvalue weighted by Gasteiger charge is -2.37. The zero-order valence-corrected chi connectivity index (χ0v) is 37.9. The van der Waals surface area contributed by atoms with Crippen LogP contribution in [-0.4, -0.2) is 131 Å². The second kappa shape index (κ2) is 23.4. The minimum Gasteiger partial charge on any atom is -0.456 e. The minimum absolute atomic E-state index is 0.0146. The van der Waals surface area contributed by atoms with Crippen molar-refractivity contribution in [1.82, 2.24) is 25.3 Å². The van der Waals surface area contributed by atoms with Gasteiger partial charge in [0.1, 0.15) is 30.3 Å². The molecule has 0 bridgehead atoms. The zero-order valence-electron chi connectivity index (χ0n) is 37.9. The lowest BCUT2D eigenvalue weighted by atomic mass is 9.90. The van der Waals surface area contributed by atoms with E-state index in [2.05, 4.69) is 10.6 Å². The number of nitrogens with zero attached hydrogens (tertiary/aromatic N) is 3. The van der Waals surface area contributed by atoms with Crippen molar-refractivity contribution in [3.63, 3.8) is 0 Å². The van der Waals surface area contributed by atoms with Gasteiger partial charge in [-0.3, -0.25) is 24.0 Å². The Morgan fingerprint density at radius 3 is 1.86 bits per heavy atom. The lowest BCUT2D eigenvalue weighted by molar-refractivity contribution is -0.160. The monoisotopic (exact) mass is 820 g/mol. The van der Waals surface area contributed by atoms with Crippen molar-refractivity contribution < 1.29 is 48.1 Å². The molecule has 0 aromatic heterocycles. The molecule has 0 aliphatic carbocycles. The summed E-state index contributed by atoms with van der Waals surface area (Å²) in [5.74, 6) is -6.78. The van der Waals surface area contributed by atoms with Gasteiger partial charge in [-0.25, -0.2) is 9.59 Å². The van der Waals surface area contributed by atoms with E-state index < -0.39 is 114 Å². The molecule has 330 valence electrons. The van der Waals surface area contributed by atoms with Crippen molar-refractivity contribution in [1.29, 1.82) is 0 Å². The highest BCUT2D eigenvalue weighted by Crippen LogP contribution is 2.25. The van der Waals surface area contributed by atoms with Crippen LogP contribution < -0.4 is 10.6 Å². The normalized spacial score (nSPS) is 28.7. The lowest BCUT2D eigenvalue weighted by Crippen LogP contribution is -2.60. The summed E-state index contributed by atoms with van der Waals surface area (Å²) >= 11 is 0. The molecular weight excluding hydrogens is 746 g/mol. The van der Waals surface area contributed by atoms with Gasteiger partial charge in [0, 0.05) is 32.6 Å². The number of aliphatic hydroxyl groups is 1. The SMILES string of the molecule is CC/C=C(\C)[C@H]1OC(=O)[C@H](C)N(C)C(=O)[C@H](C(C)C)NC(=O)CN(C)C(=O)[C@H]([C@H](C)CC)N(C)C(=O)[C@H](C(C)C)NC(=O)[C@@H](C(C)C)OC(=O)C(C)=CC[C@H](O)[C@@H]1C. The largest absolute Gasteiger partial charge is 0.456 e. The van der Waals surface area contributed by atoms with E-state index in [0.29, 0.717) is 18.4 Å². The number of carbonyl (C=O) groups excluding carboxylic acids is 7. The van der Waals surface area contributed by atoms with Gasteiger partial charge in [0.2, 0.25) is 23.6 Å². The van der Waals surface area contributed by atoms with Crippen molar-refractivity contribution in [2.45, 2.75) is 152 Å². The van der Waals surface area contributed by atoms with E-state index in [1.165, 1.54) is 55.8 Å². The van der Waals surface area contributed by atoms with E-state index in [-0.39, 0.29) is 17.9 Å². The van der Waals surface area contributed by atoms with Crippen molar-refractivity contribution in [3.8, 4) is 0 Å². The molecule has 0 saturated carbocycles. The fourth-order valence-corrected chi connectivity index (χ4v) is 6.71. The number of likely N-dealkylation sites (N-methyl/N-ethyl adjacent to an activating group) is 3. The van der Waals surface area contributed by atoms with Crippen molar-refractivity contribution in [2.24, 2.45) is 29.6 Å². The van der Waals surface area contributed by atoms with Gasteiger partial charge in [0.25, 0.3) is 5.91 Å². The summed E-state index contributed by atoms with van der Waals surface area (Å²) in [5.41, 5.74) is 0.824. The molecule has 0 unspecified atom stereocenters. The fourth-order valence-electron chi connectivity index (χ4n) is 6.71. The van der Waals surface area contributed by atoms with Crippen LogP contribution in [0.2, 0.25) is 0 Å². The number of aliphatic hydroxyl groups excluding tert-OH is 1. The zero-order chi connectivity index (χ0) is 44.9. The molecule has 0 spiro atoms. The third kappa shape index (κ3) is 13.9. The van der Waals surface area contributed by atoms with E-state index >= 15 is 0 Å². The molecule has 0 fully saturated rings. The Hall–Kier alpha value is -4.27. The maximum atomic E-state index is 14.2. The smallest absolute Gasteiger partial charge is 0.334 e. The number of amides is 5. The third-order valence-corrected chi connectivity index (χ3v) is 11.1. The van der Waals surface area contributed by atoms with Crippen molar-refractivity contribution >= 4 is 41.5 Å². The van der Waals surface area contributed by atoms with Crippen molar-refractivity contribution in [3.05, 3.63) is 23.3 Å². The number of allylic oxidation sites excluding steroid dienone is 1. The summed E-state index contributed by atoms with van der Waals surface area (Å²) in [4.78, 5) is 100.